The minimum atomic E-state index is 0.608. The van der Waals surface area contributed by atoms with E-state index in [-0.39, 0.29) is 0 Å². The van der Waals surface area contributed by atoms with E-state index in [9.17, 15) is 0 Å². The molecule has 374 valence electrons. The Kier molecular flexibility index (Phi) is 11.4. The number of rotatable bonds is 10. The third-order valence-electron chi connectivity index (χ3n) is 15.6. The summed E-state index contributed by atoms with van der Waals surface area (Å²) in [5.41, 5.74) is 21.1. The van der Waals surface area contributed by atoms with Gasteiger partial charge in [0.05, 0.1) is 22.1 Å². The Bertz CT molecular complexity index is 4480. The van der Waals surface area contributed by atoms with Crippen molar-refractivity contribution >= 4 is 43.6 Å². The van der Waals surface area contributed by atoms with Gasteiger partial charge in [0.2, 0.25) is 0 Å². The summed E-state index contributed by atoms with van der Waals surface area (Å²) in [6.07, 6.45) is 0. The lowest BCUT2D eigenvalue weighted by Gasteiger charge is -2.13. The highest BCUT2D eigenvalue weighted by Gasteiger charge is 2.19. The van der Waals surface area contributed by atoms with E-state index in [0.717, 1.165) is 83.7 Å². The molecule has 15 rings (SSSR count). The van der Waals surface area contributed by atoms with Crippen molar-refractivity contribution in [2.45, 2.75) is 0 Å². The first kappa shape index (κ1) is 46.5. The van der Waals surface area contributed by atoms with Crippen LogP contribution in [0.4, 0.5) is 0 Å². The summed E-state index contributed by atoms with van der Waals surface area (Å²) in [7, 11) is 0. The van der Waals surface area contributed by atoms with Gasteiger partial charge in [0.1, 0.15) is 0 Å². The lowest BCUT2D eigenvalue weighted by Crippen LogP contribution is -2.00. The Hall–Kier alpha value is -10.8. The van der Waals surface area contributed by atoms with Gasteiger partial charge in [-0.05, 0) is 134 Å². The van der Waals surface area contributed by atoms with E-state index in [1.807, 2.05) is 12.1 Å². The Morgan fingerprint density at radius 2 is 0.438 bits per heavy atom. The van der Waals surface area contributed by atoms with Gasteiger partial charge < -0.3 is 9.13 Å². The van der Waals surface area contributed by atoms with Crippen LogP contribution in [-0.4, -0.2) is 24.1 Å². The maximum absolute atomic E-state index is 5.19. The number of nitrogens with zero attached hydrogens (tertiary/aromatic N) is 5. The second-order valence-corrected chi connectivity index (χ2v) is 20.4. The molecule has 3 heterocycles. The Morgan fingerprint density at radius 1 is 0.175 bits per heavy atom. The number of hydrogen-bond donors (Lipinski definition) is 0. The number of fused-ring (bicyclic) bond motifs is 6. The predicted octanol–water partition coefficient (Wildman–Crippen LogP) is 19.4. The lowest BCUT2D eigenvalue weighted by atomic mass is 9.92. The molecule has 0 fully saturated rings. The van der Waals surface area contributed by atoms with Gasteiger partial charge in [0.15, 0.2) is 17.5 Å². The molecule has 12 aromatic carbocycles. The lowest BCUT2D eigenvalue weighted by molar-refractivity contribution is 1.07. The molecule has 0 aliphatic carbocycles. The molecule has 3 aromatic heterocycles. The van der Waals surface area contributed by atoms with Crippen molar-refractivity contribution in [1.29, 1.82) is 0 Å². The smallest absolute Gasteiger partial charge is 0.164 e. The van der Waals surface area contributed by atoms with Crippen molar-refractivity contribution in [2.75, 3.05) is 0 Å². The van der Waals surface area contributed by atoms with E-state index < -0.39 is 0 Å². The summed E-state index contributed by atoms with van der Waals surface area (Å²) in [6, 6.07) is 106. The van der Waals surface area contributed by atoms with Crippen LogP contribution in [0.5, 0.6) is 0 Å². The molecule has 0 radical (unpaired) electrons. The Labute approximate surface area is 463 Å². The average Bonchev–Trinajstić information content (AvgIpc) is 4.24. The first-order valence-corrected chi connectivity index (χ1v) is 27.2. The van der Waals surface area contributed by atoms with Crippen molar-refractivity contribution in [3.63, 3.8) is 0 Å². The topological polar surface area (TPSA) is 48.5 Å². The van der Waals surface area contributed by atoms with Crippen LogP contribution in [-0.2, 0) is 0 Å². The van der Waals surface area contributed by atoms with Crippen LogP contribution in [0.1, 0.15) is 0 Å². The SMILES string of the molecule is c1ccc(-c2ccc(-c3nc(-c4ccc(-c5ccccc5)cc4)nc(-c4ccc(-c5cc(-c6ccc7c(c6)c6ccccc6n7-c6ccccc6)cc(-c6ccc7c(c6)c6ccccc6n7-c6ccccc6)c5)cc4)n3)cc2)cc1. The predicted molar refractivity (Wildman–Crippen MR) is 332 cm³/mol. The van der Waals surface area contributed by atoms with Crippen molar-refractivity contribution < 1.29 is 0 Å². The van der Waals surface area contributed by atoms with Crippen LogP contribution < -0.4 is 0 Å². The second kappa shape index (κ2) is 19.7. The molecule has 0 aliphatic heterocycles. The zero-order valence-electron chi connectivity index (χ0n) is 43.5. The van der Waals surface area contributed by atoms with E-state index >= 15 is 0 Å². The summed E-state index contributed by atoms with van der Waals surface area (Å²) in [6.45, 7) is 0. The van der Waals surface area contributed by atoms with Gasteiger partial charge in [-0.3, -0.25) is 0 Å². The molecular formula is C75H49N5. The number of benzene rings is 12. The highest BCUT2D eigenvalue weighted by Crippen LogP contribution is 2.41. The molecule has 0 unspecified atom stereocenters. The number of para-hydroxylation sites is 4. The first-order chi connectivity index (χ1) is 39.6. The summed E-state index contributed by atoms with van der Waals surface area (Å²) in [5, 5.41) is 4.87. The van der Waals surface area contributed by atoms with Crippen molar-refractivity contribution in [3.8, 4) is 101 Å². The van der Waals surface area contributed by atoms with Crippen LogP contribution >= 0.6 is 0 Å². The minimum Gasteiger partial charge on any atom is -0.309 e. The van der Waals surface area contributed by atoms with Crippen molar-refractivity contribution in [3.05, 3.63) is 297 Å². The maximum Gasteiger partial charge on any atom is 0.164 e. The van der Waals surface area contributed by atoms with Crippen LogP contribution in [0, 0.1) is 0 Å². The molecule has 0 N–H and O–H groups in total. The zero-order valence-corrected chi connectivity index (χ0v) is 43.5. The second-order valence-electron chi connectivity index (χ2n) is 20.4. The highest BCUT2D eigenvalue weighted by atomic mass is 15.0. The van der Waals surface area contributed by atoms with Gasteiger partial charge in [-0.1, -0.05) is 218 Å². The van der Waals surface area contributed by atoms with Crippen molar-refractivity contribution in [1.82, 2.24) is 24.1 Å². The molecular weight excluding hydrogens is 971 g/mol. The Balaban J connectivity index is 0.861. The zero-order chi connectivity index (χ0) is 52.9. The summed E-state index contributed by atoms with van der Waals surface area (Å²) in [5.74, 6) is 1.84. The molecule has 0 atom stereocenters. The van der Waals surface area contributed by atoms with Crippen LogP contribution in [0.25, 0.3) is 145 Å². The van der Waals surface area contributed by atoms with Gasteiger partial charge in [0, 0.05) is 49.6 Å². The van der Waals surface area contributed by atoms with Gasteiger partial charge >= 0.3 is 0 Å². The van der Waals surface area contributed by atoms with Gasteiger partial charge in [-0.2, -0.15) is 0 Å². The average molecular weight is 1020 g/mol. The van der Waals surface area contributed by atoms with Gasteiger partial charge in [-0.15, -0.1) is 0 Å². The maximum atomic E-state index is 5.19. The Morgan fingerprint density at radius 3 is 0.812 bits per heavy atom. The number of aromatic nitrogens is 5. The summed E-state index contributed by atoms with van der Waals surface area (Å²) < 4.78 is 4.75. The van der Waals surface area contributed by atoms with Gasteiger partial charge in [0.25, 0.3) is 0 Å². The molecule has 0 aliphatic rings. The molecule has 0 amide bonds. The fourth-order valence-corrected chi connectivity index (χ4v) is 11.6. The van der Waals surface area contributed by atoms with E-state index in [1.54, 1.807) is 0 Å². The molecule has 5 nitrogen and oxygen atoms in total. The van der Waals surface area contributed by atoms with E-state index in [1.165, 1.54) is 43.6 Å². The molecule has 0 saturated heterocycles. The third-order valence-corrected chi connectivity index (χ3v) is 15.6. The fraction of sp³-hybridized carbons (Fsp3) is 0. The largest absolute Gasteiger partial charge is 0.309 e. The highest BCUT2D eigenvalue weighted by molar-refractivity contribution is 6.12. The quantitative estimate of drug-likeness (QED) is 0.137. The van der Waals surface area contributed by atoms with Gasteiger partial charge in [-0.25, -0.2) is 15.0 Å². The monoisotopic (exact) mass is 1020 g/mol. The standard InChI is InChI=1S/C75H49N5/c1-5-17-50(18-6-1)52-29-35-55(36-30-52)73-76-74(56-37-31-53(32-38-56)51-19-7-2-8-20-51)78-75(77-73)57-39-33-54(34-40-57)60-45-61(58-41-43-71-67(48-58)65-25-13-15-27-69(65)79(71)63-21-9-3-10-22-63)47-62(46-60)59-42-44-72-68(49-59)66-26-14-16-28-70(66)80(72)64-23-11-4-12-24-64/h1-49H. The summed E-state index contributed by atoms with van der Waals surface area (Å²) >= 11 is 0. The van der Waals surface area contributed by atoms with Crippen LogP contribution in [0.15, 0.2) is 297 Å². The minimum absolute atomic E-state index is 0.608. The van der Waals surface area contributed by atoms with E-state index in [2.05, 4.69) is 294 Å². The fourth-order valence-electron chi connectivity index (χ4n) is 11.6. The third kappa shape index (κ3) is 8.42. The van der Waals surface area contributed by atoms with E-state index in [0.29, 0.717) is 17.5 Å². The first-order valence-electron chi connectivity index (χ1n) is 27.2. The molecule has 80 heavy (non-hydrogen) atoms. The van der Waals surface area contributed by atoms with E-state index in [4.69, 9.17) is 15.0 Å². The van der Waals surface area contributed by atoms with Crippen LogP contribution in [0.2, 0.25) is 0 Å². The summed E-state index contributed by atoms with van der Waals surface area (Å²) in [4.78, 5) is 15.5. The molecule has 0 saturated carbocycles. The number of hydrogen-bond acceptors (Lipinski definition) is 3. The molecule has 5 heteroatoms. The normalized spacial score (nSPS) is 11.5. The van der Waals surface area contributed by atoms with Crippen LogP contribution in [0.3, 0.4) is 0 Å². The molecule has 0 spiro atoms. The molecule has 15 aromatic rings. The molecule has 0 bridgehead atoms. The van der Waals surface area contributed by atoms with Crippen molar-refractivity contribution in [2.24, 2.45) is 0 Å².